The van der Waals surface area contributed by atoms with Gasteiger partial charge < -0.3 is 27.8 Å². The average Bonchev–Trinajstić information content (AvgIpc) is 3.85. The normalized spacial score (nSPS) is 17.3. The molecule has 0 aliphatic carbocycles. The first-order chi connectivity index (χ1) is 33.6. The number of ether oxygens (including phenoxy) is 4. The van der Waals surface area contributed by atoms with Gasteiger partial charge in [0, 0.05) is 24.0 Å². The van der Waals surface area contributed by atoms with Crippen LogP contribution in [0.4, 0.5) is 0 Å². The van der Waals surface area contributed by atoms with E-state index in [1.807, 2.05) is 50.3 Å². The van der Waals surface area contributed by atoms with Crippen LogP contribution in [0.15, 0.2) is 169 Å². The van der Waals surface area contributed by atoms with Crippen LogP contribution in [-0.4, -0.2) is 66.2 Å². The van der Waals surface area contributed by atoms with Crippen LogP contribution >= 0.6 is 0 Å². The van der Waals surface area contributed by atoms with E-state index in [0.29, 0.717) is 37.2 Å². The highest BCUT2D eigenvalue weighted by Gasteiger charge is 2.53. The summed E-state index contributed by atoms with van der Waals surface area (Å²) in [6.07, 6.45) is 8.97. The fourth-order valence-electron chi connectivity index (χ4n) is 10.3. The van der Waals surface area contributed by atoms with Crippen LogP contribution in [0.3, 0.4) is 0 Å². The minimum atomic E-state index is -2.86. The SMILES string of the molecule is C[C@H]1C=C(C[C@@H](CCCCOc2ccc(OCCCC[C@H](CC3=C[C@H](C)OC3=O)O[Si](c3ccccc3)(c3ccccc3)C(C)(C)C)cc2)O[Si](c2ccccc2)(c2ccccc2)C(C)(C)C)C(=O)O1. The van der Waals surface area contributed by atoms with Crippen molar-refractivity contribution < 1.29 is 37.4 Å². The molecular formula is C60H74O8Si2. The van der Waals surface area contributed by atoms with Crippen molar-refractivity contribution in [3.63, 3.8) is 0 Å². The highest BCUT2D eigenvalue weighted by Crippen LogP contribution is 2.41. The molecule has 2 aliphatic heterocycles. The lowest BCUT2D eigenvalue weighted by Gasteiger charge is -2.45. The molecule has 0 unspecified atom stereocenters. The summed E-state index contributed by atoms with van der Waals surface area (Å²) in [5, 5.41) is 4.48. The monoisotopic (exact) mass is 978 g/mol. The molecule has 2 aliphatic rings. The Hall–Kier alpha value is -5.53. The van der Waals surface area contributed by atoms with Crippen molar-refractivity contribution in [2.45, 2.75) is 141 Å². The summed E-state index contributed by atoms with van der Waals surface area (Å²) in [4.78, 5) is 25.9. The number of carbonyl (C=O) groups is 2. The van der Waals surface area contributed by atoms with Gasteiger partial charge in [0.25, 0.3) is 16.6 Å². The van der Waals surface area contributed by atoms with E-state index >= 15 is 0 Å². The van der Waals surface area contributed by atoms with E-state index in [2.05, 4.69) is 163 Å². The number of carbonyl (C=O) groups excluding carboxylic acids is 2. The van der Waals surface area contributed by atoms with Gasteiger partial charge in [-0.05, 0) is 120 Å². The Bertz CT molecular complexity index is 2240. The third kappa shape index (κ3) is 12.7. The number of hydrogen-bond acceptors (Lipinski definition) is 8. The van der Waals surface area contributed by atoms with Gasteiger partial charge in [0.05, 0.1) is 25.4 Å². The topological polar surface area (TPSA) is 89.5 Å². The maximum absolute atomic E-state index is 12.9. The molecule has 370 valence electrons. The van der Waals surface area contributed by atoms with Crippen LogP contribution in [-0.2, 0) is 27.9 Å². The lowest BCUT2D eigenvalue weighted by Crippen LogP contribution is -2.67. The van der Waals surface area contributed by atoms with Crippen LogP contribution in [0.2, 0.25) is 10.1 Å². The van der Waals surface area contributed by atoms with E-state index in [9.17, 15) is 9.59 Å². The molecule has 0 amide bonds. The summed E-state index contributed by atoms with van der Waals surface area (Å²) >= 11 is 0. The molecule has 0 radical (unpaired) electrons. The first-order valence-electron chi connectivity index (χ1n) is 25.4. The van der Waals surface area contributed by atoms with Crippen molar-refractivity contribution in [2.24, 2.45) is 0 Å². The van der Waals surface area contributed by atoms with E-state index in [-0.39, 0.29) is 46.4 Å². The van der Waals surface area contributed by atoms with Crippen LogP contribution in [0.25, 0.3) is 0 Å². The maximum atomic E-state index is 12.9. The molecule has 70 heavy (non-hydrogen) atoms. The van der Waals surface area contributed by atoms with Gasteiger partial charge in [-0.2, -0.15) is 0 Å². The van der Waals surface area contributed by atoms with Crippen LogP contribution < -0.4 is 30.2 Å². The van der Waals surface area contributed by atoms with Gasteiger partial charge in [-0.15, -0.1) is 0 Å². The van der Waals surface area contributed by atoms with Gasteiger partial charge >= 0.3 is 11.9 Å². The second-order valence-corrected chi connectivity index (χ2v) is 29.5. The van der Waals surface area contributed by atoms with E-state index in [1.165, 1.54) is 20.7 Å². The molecule has 7 rings (SSSR count). The third-order valence-corrected chi connectivity index (χ3v) is 23.8. The molecule has 0 saturated heterocycles. The first-order valence-corrected chi connectivity index (χ1v) is 29.2. The summed E-state index contributed by atoms with van der Waals surface area (Å²) < 4.78 is 38.7. The van der Waals surface area contributed by atoms with Gasteiger partial charge in [0.15, 0.2) is 0 Å². The molecule has 5 aromatic carbocycles. The zero-order chi connectivity index (χ0) is 49.8. The first kappa shape index (κ1) is 52.3. The largest absolute Gasteiger partial charge is 0.494 e. The molecule has 5 aromatic rings. The number of benzene rings is 5. The number of esters is 2. The molecular weight excluding hydrogens is 905 g/mol. The van der Waals surface area contributed by atoms with Crippen LogP contribution in [0.5, 0.6) is 11.5 Å². The van der Waals surface area contributed by atoms with Gasteiger partial charge in [-0.25, -0.2) is 9.59 Å². The second kappa shape index (κ2) is 23.6. The fourth-order valence-corrected chi connectivity index (χ4v) is 19.7. The molecule has 2 heterocycles. The van der Waals surface area contributed by atoms with Crippen LogP contribution in [0.1, 0.15) is 107 Å². The number of rotatable bonds is 24. The van der Waals surface area contributed by atoms with E-state index in [4.69, 9.17) is 27.8 Å². The average molecular weight is 979 g/mol. The highest BCUT2D eigenvalue weighted by atomic mass is 28.4. The summed E-state index contributed by atoms with van der Waals surface area (Å²) in [5.41, 5.74) is 1.39. The highest BCUT2D eigenvalue weighted by molar-refractivity contribution is 7.00. The molecule has 4 atom stereocenters. The Kier molecular flexibility index (Phi) is 17.6. The smallest absolute Gasteiger partial charge is 0.334 e. The van der Waals surface area contributed by atoms with E-state index in [0.717, 1.165) is 50.0 Å². The number of hydrogen-bond donors (Lipinski definition) is 0. The fraction of sp³-hybridized carbons (Fsp3) is 0.400. The summed E-state index contributed by atoms with van der Waals surface area (Å²) in [6, 6.07) is 50.5. The van der Waals surface area contributed by atoms with E-state index < -0.39 is 16.6 Å². The van der Waals surface area contributed by atoms with Crippen molar-refractivity contribution in [2.75, 3.05) is 13.2 Å². The zero-order valence-corrected chi connectivity index (χ0v) is 44.7. The van der Waals surface area contributed by atoms with Gasteiger partial charge in [-0.1, -0.05) is 163 Å². The zero-order valence-electron chi connectivity index (χ0n) is 42.7. The van der Waals surface area contributed by atoms with Crippen molar-refractivity contribution in [3.05, 3.63) is 169 Å². The summed E-state index contributed by atoms with van der Waals surface area (Å²) in [5.74, 6) is 1.08. The molecule has 0 saturated carbocycles. The van der Waals surface area contributed by atoms with Crippen molar-refractivity contribution in [3.8, 4) is 11.5 Å². The lowest BCUT2D eigenvalue weighted by molar-refractivity contribution is -0.140. The van der Waals surface area contributed by atoms with Gasteiger partial charge in [0.2, 0.25) is 0 Å². The number of unbranched alkanes of at least 4 members (excludes halogenated alkanes) is 2. The van der Waals surface area contributed by atoms with Crippen LogP contribution in [0, 0.1) is 0 Å². The number of cyclic esters (lactones) is 2. The molecule has 0 N–H and O–H groups in total. The predicted molar refractivity (Wildman–Crippen MR) is 287 cm³/mol. The Labute approximate surface area is 419 Å². The Morgan fingerprint density at radius 2 is 0.757 bits per heavy atom. The standard InChI is InChI=1S/C60H74O8Si2/c1-45-41-47(57(61)65-45)43-51(67-69(59(3,4)5,53-27-13-9-14-28-53)54-29-15-10-16-30-54)25-21-23-39-63-49-35-37-50(38-36-49)64-40-24-22-26-52(44-48-42-46(2)66-58(48)62)68-70(60(6,7)8,55-31-17-11-18-32-55)56-33-19-12-20-34-56/h9-20,27-38,41-42,45-46,51-52H,21-26,39-40,43-44H2,1-8H3/t45-,46-,51+,52+/m0/s1. The second-order valence-electron chi connectivity index (χ2n) is 21.0. The maximum Gasteiger partial charge on any atom is 0.334 e. The quantitative estimate of drug-likeness (QED) is 0.0343. The molecule has 0 spiro atoms. The molecule has 0 bridgehead atoms. The van der Waals surface area contributed by atoms with Gasteiger partial charge in [-0.3, -0.25) is 0 Å². The van der Waals surface area contributed by atoms with Crippen molar-refractivity contribution in [1.29, 1.82) is 0 Å². The lowest BCUT2D eigenvalue weighted by atomic mass is 10.0. The molecule has 0 aromatic heterocycles. The third-order valence-electron chi connectivity index (χ3n) is 13.6. The van der Waals surface area contributed by atoms with Crippen molar-refractivity contribution >= 4 is 49.3 Å². The molecule has 10 heteroatoms. The Balaban J connectivity index is 0.945. The predicted octanol–water partition coefficient (Wildman–Crippen LogP) is 11.2. The minimum Gasteiger partial charge on any atom is -0.494 e. The Morgan fingerprint density at radius 1 is 0.457 bits per heavy atom. The summed E-state index contributed by atoms with van der Waals surface area (Å²) in [7, 11) is -5.73. The van der Waals surface area contributed by atoms with Crippen molar-refractivity contribution in [1.82, 2.24) is 0 Å². The molecule has 8 nitrogen and oxygen atoms in total. The van der Waals surface area contributed by atoms with Gasteiger partial charge in [0.1, 0.15) is 23.7 Å². The van der Waals surface area contributed by atoms with E-state index in [1.54, 1.807) is 0 Å². The Morgan fingerprint density at radius 3 is 1.01 bits per heavy atom. The summed E-state index contributed by atoms with van der Waals surface area (Å²) in [6.45, 7) is 18.6. The minimum absolute atomic E-state index is 0.194. The molecule has 0 fully saturated rings.